The first-order chi connectivity index (χ1) is 10.3. The first-order valence-corrected chi connectivity index (χ1v) is 9.28. The van der Waals surface area contributed by atoms with Crippen LogP contribution < -0.4 is 10.5 Å². The lowest BCUT2D eigenvalue weighted by atomic mass is 9.92. The van der Waals surface area contributed by atoms with Crippen molar-refractivity contribution in [3.05, 3.63) is 29.8 Å². The van der Waals surface area contributed by atoms with Crippen molar-refractivity contribution in [3.8, 4) is 0 Å². The summed E-state index contributed by atoms with van der Waals surface area (Å²) in [6.07, 6.45) is 3.00. The molecule has 0 saturated carbocycles. The number of piperidine rings is 1. The van der Waals surface area contributed by atoms with Gasteiger partial charge in [0.05, 0.1) is 6.26 Å². The molecular formula is C15H23N3O3S. The van der Waals surface area contributed by atoms with Crippen LogP contribution in [0.1, 0.15) is 30.1 Å². The van der Waals surface area contributed by atoms with Crippen LogP contribution in [0.5, 0.6) is 0 Å². The molecule has 6 nitrogen and oxygen atoms in total. The zero-order valence-corrected chi connectivity index (χ0v) is 13.8. The minimum absolute atomic E-state index is 0.0479. The number of amides is 1. The maximum atomic E-state index is 12.6. The smallest absolute Gasteiger partial charge is 0.254 e. The molecule has 3 N–H and O–H groups in total. The number of carbonyl (C=O) groups excluding carboxylic acids is 1. The molecule has 1 aliphatic rings. The quantitative estimate of drug-likeness (QED) is 0.871. The summed E-state index contributed by atoms with van der Waals surface area (Å²) >= 11 is 0. The summed E-state index contributed by atoms with van der Waals surface area (Å²) < 4.78 is 24.7. The van der Waals surface area contributed by atoms with Crippen LogP contribution in [0.3, 0.4) is 0 Å². The topological polar surface area (TPSA) is 92.5 Å². The van der Waals surface area contributed by atoms with Crippen LogP contribution in [0.25, 0.3) is 0 Å². The Kier molecular flexibility index (Phi) is 5.08. The van der Waals surface area contributed by atoms with Gasteiger partial charge < -0.3 is 10.6 Å². The number of hydrogen-bond acceptors (Lipinski definition) is 4. The molecule has 0 aliphatic carbocycles. The van der Waals surface area contributed by atoms with Gasteiger partial charge in [0.25, 0.3) is 5.91 Å². The number of rotatable bonds is 4. The molecule has 0 bridgehead atoms. The summed E-state index contributed by atoms with van der Waals surface area (Å²) in [5, 5.41) is 0. The van der Waals surface area contributed by atoms with E-state index in [0.29, 0.717) is 30.3 Å². The van der Waals surface area contributed by atoms with Gasteiger partial charge in [-0.1, -0.05) is 6.92 Å². The van der Waals surface area contributed by atoms with Gasteiger partial charge in [-0.25, -0.2) is 8.42 Å². The summed E-state index contributed by atoms with van der Waals surface area (Å²) in [6.45, 7) is 3.35. The molecule has 0 spiro atoms. The number of anilines is 1. The van der Waals surface area contributed by atoms with E-state index >= 15 is 0 Å². The summed E-state index contributed by atoms with van der Waals surface area (Å²) in [7, 11) is -3.31. The highest BCUT2D eigenvalue weighted by Crippen LogP contribution is 2.24. The predicted molar refractivity (Wildman–Crippen MR) is 87.2 cm³/mol. The second-order valence-corrected chi connectivity index (χ2v) is 7.72. The minimum atomic E-state index is -3.31. The monoisotopic (exact) mass is 325 g/mol. The van der Waals surface area contributed by atoms with Crippen molar-refractivity contribution in [3.63, 3.8) is 0 Å². The van der Waals surface area contributed by atoms with Gasteiger partial charge in [0.1, 0.15) is 0 Å². The highest BCUT2D eigenvalue weighted by molar-refractivity contribution is 7.92. The molecule has 0 aromatic heterocycles. The highest BCUT2D eigenvalue weighted by Gasteiger charge is 2.29. The van der Waals surface area contributed by atoms with Gasteiger partial charge in [0, 0.05) is 30.4 Å². The van der Waals surface area contributed by atoms with Gasteiger partial charge >= 0.3 is 0 Å². The number of hydrogen-bond donors (Lipinski definition) is 2. The van der Waals surface area contributed by atoms with E-state index in [0.717, 1.165) is 19.1 Å². The Hall–Kier alpha value is -1.60. The van der Waals surface area contributed by atoms with Gasteiger partial charge in [0.2, 0.25) is 10.0 Å². The first kappa shape index (κ1) is 16.8. The van der Waals surface area contributed by atoms with Crippen LogP contribution in [0.15, 0.2) is 24.3 Å². The first-order valence-electron chi connectivity index (χ1n) is 7.39. The Labute approximate surface area is 131 Å². The van der Waals surface area contributed by atoms with Crippen molar-refractivity contribution >= 4 is 21.6 Å². The van der Waals surface area contributed by atoms with Crippen molar-refractivity contribution in [2.24, 2.45) is 11.7 Å². The number of benzene rings is 1. The number of nitrogens with one attached hydrogen (secondary N) is 1. The van der Waals surface area contributed by atoms with Crippen molar-refractivity contribution in [1.29, 1.82) is 0 Å². The van der Waals surface area contributed by atoms with Crippen molar-refractivity contribution < 1.29 is 13.2 Å². The molecule has 1 heterocycles. The van der Waals surface area contributed by atoms with E-state index < -0.39 is 10.0 Å². The Balaban J connectivity index is 2.12. The normalized spacial score (nSPS) is 22.4. The second kappa shape index (κ2) is 6.66. The van der Waals surface area contributed by atoms with Crippen molar-refractivity contribution in [2.45, 2.75) is 25.8 Å². The number of sulfonamides is 1. The molecule has 2 unspecified atom stereocenters. The van der Waals surface area contributed by atoms with Gasteiger partial charge in [0.15, 0.2) is 0 Å². The molecule has 2 atom stereocenters. The third-order valence-electron chi connectivity index (χ3n) is 3.95. The van der Waals surface area contributed by atoms with Gasteiger partial charge in [-0.05, 0) is 43.0 Å². The van der Waals surface area contributed by atoms with Crippen LogP contribution in [0.2, 0.25) is 0 Å². The number of nitrogens with two attached hydrogens (primary N) is 1. The van der Waals surface area contributed by atoms with E-state index in [4.69, 9.17) is 5.73 Å². The molecule has 1 aliphatic heterocycles. The molecule has 1 aromatic rings. The standard InChI is InChI=1S/C15H23N3O3S/c1-11-7-8-18(14(9-11)10-16)15(19)12-3-5-13(6-4-12)17-22(2,20)21/h3-6,11,14,17H,7-10,16H2,1-2H3. The number of likely N-dealkylation sites (tertiary alicyclic amines) is 1. The summed E-state index contributed by atoms with van der Waals surface area (Å²) in [6, 6.07) is 6.55. The predicted octanol–water partition coefficient (Wildman–Crippen LogP) is 1.26. The van der Waals surface area contributed by atoms with Crippen LogP contribution in [-0.4, -0.2) is 44.6 Å². The lowest BCUT2D eigenvalue weighted by Crippen LogP contribution is -2.49. The maximum Gasteiger partial charge on any atom is 0.254 e. The summed E-state index contributed by atoms with van der Waals surface area (Å²) in [5.41, 5.74) is 6.79. The van der Waals surface area contributed by atoms with Crippen molar-refractivity contribution in [2.75, 3.05) is 24.1 Å². The second-order valence-electron chi connectivity index (χ2n) is 5.97. The highest BCUT2D eigenvalue weighted by atomic mass is 32.2. The van der Waals surface area contributed by atoms with E-state index in [2.05, 4.69) is 11.6 Å². The maximum absolute atomic E-state index is 12.6. The molecular weight excluding hydrogens is 302 g/mol. The fourth-order valence-electron chi connectivity index (χ4n) is 2.80. The number of nitrogens with zero attached hydrogens (tertiary/aromatic N) is 1. The van der Waals surface area contributed by atoms with Gasteiger partial charge in [-0.2, -0.15) is 0 Å². The fraction of sp³-hybridized carbons (Fsp3) is 0.533. The van der Waals surface area contributed by atoms with Gasteiger partial charge in [-0.15, -0.1) is 0 Å². The fourth-order valence-corrected chi connectivity index (χ4v) is 3.37. The van der Waals surface area contributed by atoms with E-state index in [1.807, 2.05) is 4.90 Å². The molecule has 1 saturated heterocycles. The molecule has 7 heteroatoms. The SMILES string of the molecule is CC1CCN(C(=O)c2ccc(NS(C)(=O)=O)cc2)C(CN)C1. The molecule has 1 amide bonds. The Morgan fingerprint density at radius 1 is 1.36 bits per heavy atom. The molecule has 0 radical (unpaired) electrons. The van der Waals surface area contributed by atoms with Crippen LogP contribution in [0, 0.1) is 5.92 Å². The Morgan fingerprint density at radius 2 is 2.00 bits per heavy atom. The third-order valence-corrected chi connectivity index (χ3v) is 4.55. The van der Waals surface area contributed by atoms with Gasteiger partial charge in [-0.3, -0.25) is 9.52 Å². The zero-order chi connectivity index (χ0) is 16.3. The zero-order valence-electron chi connectivity index (χ0n) is 13.0. The van der Waals surface area contributed by atoms with Crippen LogP contribution in [0.4, 0.5) is 5.69 Å². The minimum Gasteiger partial charge on any atom is -0.334 e. The molecule has 1 fully saturated rings. The largest absolute Gasteiger partial charge is 0.334 e. The Morgan fingerprint density at radius 3 is 2.55 bits per heavy atom. The molecule has 1 aromatic carbocycles. The van der Waals surface area contributed by atoms with Crippen LogP contribution >= 0.6 is 0 Å². The Bertz CT molecular complexity index is 628. The third kappa shape index (κ3) is 4.20. The average Bonchev–Trinajstić information content (AvgIpc) is 2.45. The van der Waals surface area contributed by atoms with Crippen molar-refractivity contribution in [1.82, 2.24) is 4.90 Å². The molecule has 2 rings (SSSR count). The summed E-state index contributed by atoms with van der Waals surface area (Å²) in [5.74, 6) is 0.534. The van der Waals surface area contributed by atoms with Crippen LogP contribution in [-0.2, 0) is 10.0 Å². The molecule has 122 valence electrons. The number of carbonyl (C=O) groups is 1. The van der Waals surface area contributed by atoms with E-state index in [-0.39, 0.29) is 11.9 Å². The molecule has 22 heavy (non-hydrogen) atoms. The van der Waals surface area contributed by atoms with E-state index in [1.54, 1.807) is 24.3 Å². The average molecular weight is 325 g/mol. The lowest BCUT2D eigenvalue weighted by Gasteiger charge is -2.38. The van der Waals surface area contributed by atoms with E-state index in [9.17, 15) is 13.2 Å². The lowest BCUT2D eigenvalue weighted by molar-refractivity contribution is 0.0573. The summed E-state index contributed by atoms with van der Waals surface area (Å²) in [4.78, 5) is 14.4. The van der Waals surface area contributed by atoms with E-state index in [1.165, 1.54) is 0 Å².